The van der Waals surface area contributed by atoms with Crippen LogP contribution in [-0.4, -0.2) is 27.4 Å². The van der Waals surface area contributed by atoms with Gasteiger partial charge in [-0.15, -0.1) is 10.2 Å². The third-order valence-electron chi connectivity index (χ3n) is 3.03. The lowest BCUT2D eigenvalue weighted by molar-refractivity contribution is -0.144. The normalized spacial score (nSPS) is 12.1. The molecule has 7 heteroatoms. The molecule has 0 spiro atoms. The number of nitrogens with two attached hydrogens (primary N) is 2. The molecule has 1 atom stereocenters. The fourth-order valence-electron chi connectivity index (χ4n) is 2.02. The summed E-state index contributed by atoms with van der Waals surface area (Å²) in [5.74, 6) is 4.91. The molecular formula is C13H17N5O2. The fourth-order valence-corrected chi connectivity index (χ4v) is 2.02. The Bertz CT molecular complexity index is 623. The molecule has 0 radical (unpaired) electrons. The number of aromatic nitrogens is 3. The minimum absolute atomic E-state index is 0.0443. The Balaban J connectivity index is 2.54. The number of aryl methyl sites for hydroxylation is 1. The number of benzene rings is 1. The number of hydrogen-bond acceptors (Lipinski definition) is 6. The predicted molar refractivity (Wildman–Crippen MR) is 74.2 cm³/mol. The van der Waals surface area contributed by atoms with Crippen LogP contribution in [0.5, 0.6) is 0 Å². The highest BCUT2D eigenvalue weighted by Crippen LogP contribution is 2.27. The van der Waals surface area contributed by atoms with Gasteiger partial charge in [0.2, 0.25) is 5.95 Å². The number of carbonyl (C=O) groups is 1. The van der Waals surface area contributed by atoms with Gasteiger partial charge in [-0.05, 0) is 25.0 Å². The lowest BCUT2D eigenvalue weighted by atomic mass is 9.94. The van der Waals surface area contributed by atoms with Crippen molar-refractivity contribution in [2.45, 2.75) is 19.8 Å². The largest absolute Gasteiger partial charge is 0.465 e. The van der Waals surface area contributed by atoms with Crippen LogP contribution in [0.3, 0.4) is 0 Å². The van der Waals surface area contributed by atoms with Gasteiger partial charge in [0.05, 0.1) is 6.61 Å². The van der Waals surface area contributed by atoms with Gasteiger partial charge in [0.25, 0.3) is 0 Å². The third-order valence-corrected chi connectivity index (χ3v) is 3.03. The summed E-state index contributed by atoms with van der Waals surface area (Å²) < 4.78 is 6.22. The van der Waals surface area contributed by atoms with Gasteiger partial charge < -0.3 is 16.3 Å². The van der Waals surface area contributed by atoms with Crippen LogP contribution in [0.1, 0.15) is 29.8 Å². The molecule has 0 fully saturated rings. The van der Waals surface area contributed by atoms with Crippen LogP contribution < -0.4 is 11.6 Å². The average Bonchev–Trinajstić information content (AvgIpc) is 2.74. The van der Waals surface area contributed by atoms with Crippen molar-refractivity contribution in [1.82, 2.24) is 14.9 Å². The van der Waals surface area contributed by atoms with Gasteiger partial charge in [0.1, 0.15) is 5.92 Å². The van der Waals surface area contributed by atoms with Gasteiger partial charge in [0, 0.05) is 0 Å². The first kappa shape index (κ1) is 13.9. The number of rotatable bonds is 4. The Labute approximate surface area is 116 Å². The van der Waals surface area contributed by atoms with Crippen molar-refractivity contribution in [2.24, 2.45) is 0 Å². The highest BCUT2D eigenvalue weighted by molar-refractivity contribution is 5.81. The lowest BCUT2D eigenvalue weighted by Gasteiger charge is -2.17. The van der Waals surface area contributed by atoms with Gasteiger partial charge in [-0.2, -0.15) is 0 Å². The molecule has 7 nitrogen and oxygen atoms in total. The Morgan fingerprint density at radius 1 is 1.40 bits per heavy atom. The van der Waals surface area contributed by atoms with E-state index in [-0.39, 0.29) is 18.4 Å². The van der Waals surface area contributed by atoms with Gasteiger partial charge in [-0.25, -0.2) is 4.68 Å². The molecule has 106 valence electrons. The van der Waals surface area contributed by atoms with Crippen LogP contribution in [0.25, 0.3) is 0 Å². The second-order valence-corrected chi connectivity index (χ2v) is 4.33. The maximum atomic E-state index is 12.3. The second-order valence-electron chi connectivity index (χ2n) is 4.33. The summed E-state index contributed by atoms with van der Waals surface area (Å²) in [7, 11) is 0. The number of esters is 1. The summed E-state index contributed by atoms with van der Waals surface area (Å²) in [5.41, 5.74) is 7.29. The molecule has 0 aliphatic heterocycles. The molecule has 1 unspecified atom stereocenters. The quantitative estimate of drug-likeness (QED) is 0.624. The van der Waals surface area contributed by atoms with E-state index in [1.54, 1.807) is 6.92 Å². The van der Waals surface area contributed by atoms with Crippen LogP contribution in [0.4, 0.5) is 5.95 Å². The molecule has 0 saturated carbocycles. The maximum Gasteiger partial charge on any atom is 0.321 e. The van der Waals surface area contributed by atoms with E-state index in [4.69, 9.17) is 16.3 Å². The molecule has 0 aliphatic rings. The van der Waals surface area contributed by atoms with Crippen molar-refractivity contribution in [3.05, 3.63) is 41.2 Å². The van der Waals surface area contributed by atoms with E-state index in [2.05, 4.69) is 10.2 Å². The zero-order chi connectivity index (χ0) is 14.7. The topological polar surface area (TPSA) is 109 Å². The average molecular weight is 275 g/mol. The van der Waals surface area contributed by atoms with E-state index < -0.39 is 11.9 Å². The fraction of sp³-hybridized carbons (Fsp3) is 0.308. The molecule has 0 saturated heterocycles. The van der Waals surface area contributed by atoms with E-state index in [1.165, 1.54) is 0 Å². The summed E-state index contributed by atoms with van der Waals surface area (Å²) in [4.78, 5) is 12.3. The molecule has 2 rings (SSSR count). The van der Waals surface area contributed by atoms with Crippen LogP contribution in [0.15, 0.2) is 24.3 Å². The molecule has 0 amide bonds. The second kappa shape index (κ2) is 5.60. The van der Waals surface area contributed by atoms with Crippen molar-refractivity contribution in [3.63, 3.8) is 0 Å². The summed E-state index contributed by atoms with van der Waals surface area (Å²) in [5, 5.41) is 7.59. The molecule has 0 aliphatic carbocycles. The van der Waals surface area contributed by atoms with E-state index in [0.717, 1.165) is 15.8 Å². The molecule has 1 aromatic heterocycles. The molecule has 0 bridgehead atoms. The summed E-state index contributed by atoms with van der Waals surface area (Å²) in [6, 6.07) is 7.47. The zero-order valence-corrected chi connectivity index (χ0v) is 11.4. The minimum Gasteiger partial charge on any atom is -0.465 e. The number of nitrogen functional groups attached to an aromatic ring is 2. The Kier molecular flexibility index (Phi) is 3.88. The summed E-state index contributed by atoms with van der Waals surface area (Å²) >= 11 is 0. The third kappa shape index (κ3) is 2.42. The molecule has 1 heterocycles. The van der Waals surface area contributed by atoms with Crippen molar-refractivity contribution in [2.75, 3.05) is 18.2 Å². The first-order valence-corrected chi connectivity index (χ1v) is 6.24. The smallest absolute Gasteiger partial charge is 0.321 e. The number of anilines is 1. The number of hydrogen-bond donors (Lipinski definition) is 2. The van der Waals surface area contributed by atoms with Gasteiger partial charge in [-0.1, -0.05) is 24.3 Å². The maximum absolute atomic E-state index is 12.3. The first-order chi connectivity index (χ1) is 9.56. The Morgan fingerprint density at radius 3 is 2.65 bits per heavy atom. The van der Waals surface area contributed by atoms with Crippen molar-refractivity contribution >= 4 is 11.9 Å². The van der Waals surface area contributed by atoms with Crippen LogP contribution in [0, 0.1) is 6.92 Å². The molecular weight excluding hydrogens is 258 g/mol. The van der Waals surface area contributed by atoms with E-state index in [9.17, 15) is 4.79 Å². The number of nitrogens with zero attached hydrogens (tertiary/aromatic N) is 3. The highest BCUT2D eigenvalue weighted by Gasteiger charge is 2.30. The van der Waals surface area contributed by atoms with E-state index in [1.807, 2.05) is 31.2 Å². The molecule has 2 aromatic rings. The lowest BCUT2D eigenvalue weighted by Crippen LogP contribution is -2.25. The van der Waals surface area contributed by atoms with E-state index >= 15 is 0 Å². The monoisotopic (exact) mass is 275 g/mol. The van der Waals surface area contributed by atoms with Gasteiger partial charge in [-0.3, -0.25) is 4.79 Å². The SMILES string of the molecule is CCOC(=O)C(c1ccccc1C)c1nnc(N)n1N. The van der Waals surface area contributed by atoms with Crippen LogP contribution in [-0.2, 0) is 9.53 Å². The van der Waals surface area contributed by atoms with Crippen molar-refractivity contribution < 1.29 is 9.53 Å². The Hall–Kier alpha value is -2.57. The van der Waals surface area contributed by atoms with Crippen molar-refractivity contribution in [3.8, 4) is 0 Å². The summed E-state index contributed by atoms with van der Waals surface area (Å²) in [6.45, 7) is 3.92. The molecule has 1 aromatic carbocycles. The minimum atomic E-state index is -0.744. The Morgan fingerprint density at radius 2 is 2.10 bits per heavy atom. The highest BCUT2D eigenvalue weighted by atomic mass is 16.5. The van der Waals surface area contributed by atoms with Gasteiger partial charge >= 0.3 is 5.97 Å². The predicted octanol–water partition coefficient (Wildman–Crippen LogP) is 0.578. The van der Waals surface area contributed by atoms with Crippen LogP contribution >= 0.6 is 0 Å². The first-order valence-electron chi connectivity index (χ1n) is 6.24. The number of carbonyl (C=O) groups excluding carboxylic acids is 1. The zero-order valence-electron chi connectivity index (χ0n) is 11.4. The van der Waals surface area contributed by atoms with E-state index in [0.29, 0.717) is 0 Å². The molecule has 4 N–H and O–H groups in total. The van der Waals surface area contributed by atoms with Crippen LogP contribution in [0.2, 0.25) is 0 Å². The van der Waals surface area contributed by atoms with Crippen molar-refractivity contribution in [1.29, 1.82) is 0 Å². The number of ether oxygens (including phenoxy) is 1. The molecule has 20 heavy (non-hydrogen) atoms. The standard InChI is InChI=1S/C13H17N5O2/c1-3-20-12(19)10(9-7-5-4-6-8(9)2)11-16-17-13(14)18(11)15/h4-7,10H,3,15H2,1-2H3,(H2,14,17). The van der Waals surface area contributed by atoms with Gasteiger partial charge in [0.15, 0.2) is 5.82 Å². The summed E-state index contributed by atoms with van der Waals surface area (Å²) in [6.07, 6.45) is 0.